The van der Waals surface area contributed by atoms with E-state index in [0.717, 1.165) is 44.1 Å². The van der Waals surface area contributed by atoms with E-state index in [0.29, 0.717) is 32.8 Å². The van der Waals surface area contributed by atoms with Gasteiger partial charge in [0.2, 0.25) is 11.8 Å². The van der Waals surface area contributed by atoms with Crippen molar-refractivity contribution in [2.75, 3.05) is 26.3 Å². The fraction of sp³-hybridized carbons (Fsp3) is 0.667. The van der Waals surface area contributed by atoms with Crippen LogP contribution in [0.2, 0.25) is 0 Å². The highest BCUT2D eigenvalue weighted by Gasteiger charge is 2.42. The van der Waals surface area contributed by atoms with Crippen molar-refractivity contribution in [3.63, 3.8) is 0 Å². The minimum atomic E-state index is -0.444. The van der Waals surface area contributed by atoms with Crippen molar-refractivity contribution in [1.29, 1.82) is 0 Å². The van der Waals surface area contributed by atoms with Gasteiger partial charge in [0.25, 0.3) is 0 Å². The summed E-state index contributed by atoms with van der Waals surface area (Å²) in [6, 6.07) is 3.82. The molecule has 1 aromatic rings. The molecule has 1 aromatic heterocycles. The van der Waals surface area contributed by atoms with Crippen LogP contribution in [0.4, 0.5) is 0 Å². The maximum absolute atomic E-state index is 12.9. The highest BCUT2D eigenvalue weighted by atomic mass is 16.7. The predicted molar refractivity (Wildman–Crippen MR) is 102 cm³/mol. The van der Waals surface area contributed by atoms with Gasteiger partial charge in [-0.1, -0.05) is 6.07 Å². The summed E-state index contributed by atoms with van der Waals surface area (Å²) in [6.07, 6.45) is 8.13. The zero-order valence-electron chi connectivity index (χ0n) is 16.3. The zero-order valence-corrected chi connectivity index (χ0v) is 16.3. The molecule has 1 N–H and O–H groups in total. The van der Waals surface area contributed by atoms with Gasteiger partial charge in [0.1, 0.15) is 0 Å². The van der Waals surface area contributed by atoms with Crippen molar-refractivity contribution >= 4 is 11.8 Å². The lowest BCUT2D eigenvalue weighted by Crippen LogP contribution is -2.49. The molecule has 0 aromatic carbocycles. The van der Waals surface area contributed by atoms with E-state index in [4.69, 9.17) is 9.47 Å². The fourth-order valence-electron chi connectivity index (χ4n) is 4.55. The highest BCUT2D eigenvalue weighted by Crippen LogP contribution is 2.34. The Morgan fingerprint density at radius 2 is 1.79 bits per heavy atom. The number of hydrogen-bond donors (Lipinski definition) is 1. The second-order valence-corrected chi connectivity index (χ2v) is 8.06. The number of rotatable bonds is 4. The van der Waals surface area contributed by atoms with Crippen LogP contribution in [0.1, 0.15) is 44.1 Å². The van der Waals surface area contributed by atoms with Crippen LogP contribution in [-0.4, -0.2) is 53.8 Å². The third-order valence-electron chi connectivity index (χ3n) is 6.29. The monoisotopic (exact) mass is 387 g/mol. The Morgan fingerprint density at radius 1 is 1.11 bits per heavy atom. The minimum Gasteiger partial charge on any atom is -0.352 e. The predicted octanol–water partition coefficient (Wildman–Crippen LogP) is 1.87. The van der Waals surface area contributed by atoms with E-state index in [-0.39, 0.29) is 23.7 Å². The van der Waals surface area contributed by atoms with Crippen LogP contribution in [-0.2, 0) is 25.6 Å². The van der Waals surface area contributed by atoms with Crippen molar-refractivity contribution in [1.82, 2.24) is 15.2 Å². The van der Waals surface area contributed by atoms with Crippen LogP contribution in [0.3, 0.4) is 0 Å². The zero-order chi connectivity index (χ0) is 19.4. The first-order valence-electron chi connectivity index (χ1n) is 10.4. The SMILES string of the molecule is O=C(NCc1cccnc1)C1CCC(C(=O)N2CCC3(CC2)OCCO3)CC1. The van der Waals surface area contributed by atoms with Crippen molar-refractivity contribution in [3.8, 4) is 0 Å². The molecule has 0 atom stereocenters. The lowest BCUT2D eigenvalue weighted by molar-refractivity contribution is -0.188. The van der Waals surface area contributed by atoms with E-state index < -0.39 is 5.79 Å². The van der Waals surface area contributed by atoms with Crippen LogP contribution in [0.25, 0.3) is 0 Å². The number of ether oxygens (including phenoxy) is 2. The topological polar surface area (TPSA) is 80.8 Å². The normalized spacial score (nSPS) is 26.9. The molecule has 28 heavy (non-hydrogen) atoms. The molecule has 3 heterocycles. The molecule has 3 fully saturated rings. The molecular weight excluding hydrogens is 358 g/mol. The number of carbonyl (C=O) groups excluding carboxylic acids is 2. The molecule has 0 bridgehead atoms. The van der Waals surface area contributed by atoms with Crippen LogP contribution in [0.15, 0.2) is 24.5 Å². The molecule has 2 aliphatic heterocycles. The smallest absolute Gasteiger partial charge is 0.225 e. The summed E-state index contributed by atoms with van der Waals surface area (Å²) in [5, 5.41) is 3.00. The van der Waals surface area contributed by atoms with E-state index >= 15 is 0 Å². The number of aromatic nitrogens is 1. The average molecular weight is 387 g/mol. The number of likely N-dealkylation sites (tertiary alicyclic amines) is 1. The fourth-order valence-corrected chi connectivity index (χ4v) is 4.55. The number of pyridine rings is 1. The van der Waals surface area contributed by atoms with Crippen LogP contribution < -0.4 is 5.32 Å². The maximum Gasteiger partial charge on any atom is 0.225 e. The molecule has 2 saturated heterocycles. The third kappa shape index (κ3) is 4.36. The molecule has 7 nitrogen and oxygen atoms in total. The first-order valence-corrected chi connectivity index (χ1v) is 10.4. The van der Waals surface area contributed by atoms with E-state index in [1.807, 2.05) is 17.0 Å². The van der Waals surface area contributed by atoms with Crippen molar-refractivity contribution in [2.45, 2.75) is 50.9 Å². The molecule has 3 aliphatic rings. The molecule has 152 valence electrons. The molecule has 1 saturated carbocycles. The second kappa shape index (κ2) is 8.57. The maximum atomic E-state index is 12.9. The average Bonchev–Trinajstić information content (AvgIpc) is 3.21. The molecule has 1 aliphatic carbocycles. The summed E-state index contributed by atoms with van der Waals surface area (Å²) in [6.45, 7) is 3.21. The molecule has 7 heteroatoms. The molecule has 1 spiro atoms. The number of nitrogens with zero attached hydrogens (tertiary/aromatic N) is 2. The highest BCUT2D eigenvalue weighted by molar-refractivity contribution is 5.81. The van der Waals surface area contributed by atoms with Crippen LogP contribution >= 0.6 is 0 Å². The van der Waals surface area contributed by atoms with E-state index in [1.54, 1.807) is 12.4 Å². The van der Waals surface area contributed by atoms with Gasteiger partial charge in [0, 0.05) is 56.7 Å². The van der Waals surface area contributed by atoms with E-state index in [1.165, 1.54) is 0 Å². The summed E-state index contributed by atoms with van der Waals surface area (Å²) in [7, 11) is 0. The molecule has 4 rings (SSSR count). The summed E-state index contributed by atoms with van der Waals surface area (Å²) in [4.78, 5) is 31.3. The molecule has 2 amide bonds. The number of nitrogens with one attached hydrogen (secondary N) is 1. The number of amides is 2. The van der Waals surface area contributed by atoms with Crippen molar-refractivity contribution < 1.29 is 19.1 Å². The van der Waals surface area contributed by atoms with Gasteiger partial charge in [-0.15, -0.1) is 0 Å². The Bertz CT molecular complexity index is 672. The Hall–Kier alpha value is -1.99. The first kappa shape index (κ1) is 19.3. The Balaban J connectivity index is 1.20. The van der Waals surface area contributed by atoms with Gasteiger partial charge >= 0.3 is 0 Å². The number of hydrogen-bond acceptors (Lipinski definition) is 5. The number of piperidine rings is 1. The first-order chi connectivity index (χ1) is 13.7. The lowest BCUT2D eigenvalue weighted by atomic mass is 9.80. The third-order valence-corrected chi connectivity index (χ3v) is 6.29. The molecular formula is C21H29N3O4. The Morgan fingerprint density at radius 3 is 2.43 bits per heavy atom. The second-order valence-electron chi connectivity index (χ2n) is 8.06. The van der Waals surface area contributed by atoms with Gasteiger partial charge in [0.05, 0.1) is 13.2 Å². The van der Waals surface area contributed by atoms with Crippen molar-refractivity contribution in [2.24, 2.45) is 11.8 Å². The standard InChI is InChI=1S/C21H29N3O4/c25-19(23-15-16-2-1-9-22-14-16)17-3-5-18(6-4-17)20(26)24-10-7-21(8-11-24)27-12-13-28-21/h1-2,9,14,17-18H,3-8,10-13,15H2,(H,23,25). The van der Waals surface area contributed by atoms with Gasteiger partial charge in [-0.05, 0) is 37.3 Å². The summed E-state index contributed by atoms with van der Waals surface area (Å²) in [5.74, 6) is -0.0689. The van der Waals surface area contributed by atoms with Gasteiger partial charge in [-0.3, -0.25) is 14.6 Å². The molecule has 0 radical (unpaired) electrons. The Labute approximate surface area is 165 Å². The summed E-state index contributed by atoms with van der Waals surface area (Å²) >= 11 is 0. The summed E-state index contributed by atoms with van der Waals surface area (Å²) in [5.41, 5.74) is 0.998. The number of carbonyl (C=O) groups is 2. The van der Waals surface area contributed by atoms with Crippen LogP contribution in [0.5, 0.6) is 0 Å². The minimum absolute atomic E-state index is 0.00522. The quantitative estimate of drug-likeness (QED) is 0.853. The van der Waals surface area contributed by atoms with Gasteiger partial charge in [0.15, 0.2) is 5.79 Å². The lowest BCUT2D eigenvalue weighted by Gasteiger charge is -2.39. The van der Waals surface area contributed by atoms with Crippen LogP contribution in [0, 0.1) is 11.8 Å². The van der Waals surface area contributed by atoms with Crippen molar-refractivity contribution in [3.05, 3.63) is 30.1 Å². The van der Waals surface area contributed by atoms with Gasteiger partial charge < -0.3 is 19.7 Å². The van der Waals surface area contributed by atoms with E-state index in [2.05, 4.69) is 10.3 Å². The van der Waals surface area contributed by atoms with Gasteiger partial charge in [-0.2, -0.15) is 0 Å². The largest absolute Gasteiger partial charge is 0.352 e. The van der Waals surface area contributed by atoms with Gasteiger partial charge in [-0.25, -0.2) is 0 Å². The van der Waals surface area contributed by atoms with E-state index in [9.17, 15) is 9.59 Å². The Kier molecular flexibility index (Phi) is 5.92. The summed E-state index contributed by atoms with van der Waals surface area (Å²) < 4.78 is 11.5. The molecule has 0 unspecified atom stereocenters.